The van der Waals surface area contributed by atoms with Gasteiger partial charge in [-0.1, -0.05) is 12.1 Å². The number of hydrogen-bond acceptors (Lipinski definition) is 6. The molecule has 8 nitrogen and oxygen atoms in total. The van der Waals surface area contributed by atoms with E-state index in [9.17, 15) is 17.6 Å². The van der Waals surface area contributed by atoms with Crippen molar-refractivity contribution in [3.8, 4) is 11.5 Å². The third-order valence-electron chi connectivity index (χ3n) is 4.53. The molecule has 0 saturated carbocycles. The lowest BCUT2D eigenvalue weighted by molar-refractivity contribution is -0.122. The maximum atomic E-state index is 13.7. The molecule has 0 aromatic heterocycles. The summed E-state index contributed by atoms with van der Waals surface area (Å²) in [5.41, 5.74) is 0.247. The highest BCUT2D eigenvalue weighted by Crippen LogP contribution is 2.30. The standard InChI is InChI=1S/C20H23FN2O6S/c1-14(29-17-6-4-3-5-16(17)21)20(24)22-15-7-8-18(27-2)19(13-15)30(25,26)23-9-11-28-12-10-23/h3-8,13-14H,9-12H2,1-2H3,(H,22,24). The van der Waals surface area contributed by atoms with E-state index >= 15 is 0 Å². The molecule has 1 unspecified atom stereocenters. The van der Waals surface area contributed by atoms with E-state index < -0.39 is 27.9 Å². The summed E-state index contributed by atoms with van der Waals surface area (Å²) in [6.45, 7) is 2.55. The van der Waals surface area contributed by atoms with Gasteiger partial charge in [0.2, 0.25) is 10.0 Å². The van der Waals surface area contributed by atoms with Gasteiger partial charge in [-0.05, 0) is 37.3 Å². The Morgan fingerprint density at radius 3 is 2.53 bits per heavy atom. The van der Waals surface area contributed by atoms with Gasteiger partial charge in [0.25, 0.3) is 5.91 Å². The van der Waals surface area contributed by atoms with Crippen molar-refractivity contribution in [3.05, 3.63) is 48.3 Å². The lowest BCUT2D eigenvalue weighted by atomic mass is 10.2. The van der Waals surface area contributed by atoms with Crippen molar-refractivity contribution in [2.75, 3.05) is 38.7 Å². The highest BCUT2D eigenvalue weighted by molar-refractivity contribution is 7.89. The Morgan fingerprint density at radius 1 is 1.17 bits per heavy atom. The fourth-order valence-corrected chi connectivity index (χ4v) is 4.50. The normalized spacial score (nSPS) is 16.0. The van der Waals surface area contributed by atoms with Crippen LogP contribution in [0.2, 0.25) is 0 Å². The number of amides is 1. The number of rotatable bonds is 7. The number of carbonyl (C=O) groups is 1. The summed E-state index contributed by atoms with van der Waals surface area (Å²) in [7, 11) is -2.47. The maximum absolute atomic E-state index is 13.7. The van der Waals surface area contributed by atoms with Crippen LogP contribution in [0, 0.1) is 5.82 Å². The molecule has 0 aliphatic carbocycles. The largest absolute Gasteiger partial charge is 0.495 e. The van der Waals surface area contributed by atoms with Crippen molar-refractivity contribution in [2.45, 2.75) is 17.9 Å². The quantitative estimate of drug-likeness (QED) is 0.713. The Morgan fingerprint density at radius 2 is 1.87 bits per heavy atom. The SMILES string of the molecule is COc1ccc(NC(=O)C(C)Oc2ccccc2F)cc1S(=O)(=O)N1CCOCC1. The van der Waals surface area contributed by atoms with E-state index in [1.807, 2.05) is 0 Å². The molecule has 162 valence electrons. The van der Waals surface area contributed by atoms with E-state index in [0.29, 0.717) is 13.2 Å². The second kappa shape index (κ2) is 9.41. The number of nitrogens with one attached hydrogen (secondary N) is 1. The Balaban J connectivity index is 1.79. The number of carbonyl (C=O) groups excluding carboxylic acids is 1. The lowest BCUT2D eigenvalue weighted by Gasteiger charge is -2.27. The number of hydrogen-bond donors (Lipinski definition) is 1. The zero-order valence-electron chi connectivity index (χ0n) is 16.6. The Labute approximate surface area is 174 Å². The van der Waals surface area contributed by atoms with E-state index in [4.69, 9.17) is 14.2 Å². The second-order valence-corrected chi connectivity index (χ2v) is 8.47. The summed E-state index contributed by atoms with van der Waals surface area (Å²) in [6, 6.07) is 10.1. The molecule has 1 amide bonds. The van der Waals surface area contributed by atoms with Crippen LogP contribution in [0.15, 0.2) is 47.4 Å². The molecule has 0 spiro atoms. The van der Waals surface area contributed by atoms with Gasteiger partial charge in [-0.2, -0.15) is 4.31 Å². The predicted octanol–water partition coefficient (Wildman–Crippen LogP) is 2.26. The molecule has 1 aliphatic rings. The molecule has 3 rings (SSSR count). The van der Waals surface area contributed by atoms with Gasteiger partial charge >= 0.3 is 0 Å². The molecular formula is C20H23FN2O6S. The third-order valence-corrected chi connectivity index (χ3v) is 6.45. The van der Waals surface area contributed by atoms with Crippen LogP contribution in [-0.4, -0.2) is 58.1 Å². The Hall–Kier alpha value is -2.69. The van der Waals surface area contributed by atoms with Crippen molar-refractivity contribution in [2.24, 2.45) is 0 Å². The smallest absolute Gasteiger partial charge is 0.265 e. The number of sulfonamides is 1. The van der Waals surface area contributed by atoms with Crippen molar-refractivity contribution >= 4 is 21.6 Å². The summed E-state index contributed by atoms with van der Waals surface area (Å²) in [4.78, 5) is 12.4. The first-order valence-electron chi connectivity index (χ1n) is 9.31. The van der Waals surface area contributed by atoms with Crippen LogP contribution < -0.4 is 14.8 Å². The molecule has 1 saturated heterocycles. The number of halogens is 1. The van der Waals surface area contributed by atoms with Crippen LogP contribution in [0.3, 0.4) is 0 Å². The summed E-state index contributed by atoms with van der Waals surface area (Å²) < 4.78 is 56.9. The number of morpholine rings is 1. The van der Waals surface area contributed by atoms with Gasteiger partial charge in [0.1, 0.15) is 10.6 Å². The van der Waals surface area contributed by atoms with Crippen molar-refractivity contribution < 1.29 is 31.8 Å². The molecule has 30 heavy (non-hydrogen) atoms. The van der Waals surface area contributed by atoms with Crippen LogP contribution in [0.5, 0.6) is 11.5 Å². The van der Waals surface area contributed by atoms with Gasteiger partial charge in [-0.15, -0.1) is 0 Å². The van der Waals surface area contributed by atoms with Crippen LogP contribution in [-0.2, 0) is 19.6 Å². The van der Waals surface area contributed by atoms with E-state index in [1.54, 1.807) is 6.07 Å². The van der Waals surface area contributed by atoms with Crippen LogP contribution in [0.1, 0.15) is 6.92 Å². The molecule has 2 aromatic carbocycles. The first-order chi connectivity index (χ1) is 14.3. The Bertz CT molecular complexity index is 1010. The molecule has 1 atom stereocenters. The number of para-hydroxylation sites is 1. The number of methoxy groups -OCH3 is 1. The average Bonchev–Trinajstić information content (AvgIpc) is 2.75. The summed E-state index contributed by atoms with van der Waals surface area (Å²) in [5, 5.41) is 2.60. The van der Waals surface area contributed by atoms with Crippen LogP contribution in [0.4, 0.5) is 10.1 Å². The van der Waals surface area contributed by atoms with Gasteiger partial charge in [0, 0.05) is 18.8 Å². The molecule has 10 heteroatoms. The predicted molar refractivity (Wildman–Crippen MR) is 108 cm³/mol. The Kier molecular flexibility index (Phi) is 6.91. The fourth-order valence-electron chi connectivity index (χ4n) is 2.91. The zero-order valence-corrected chi connectivity index (χ0v) is 17.4. The number of anilines is 1. The molecular weight excluding hydrogens is 415 g/mol. The minimum Gasteiger partial charge on any atom is -0.495 e. The van der Waals surface area contributed by atoms with Crippen molar-refractivity contribution in [3.63, 3.8) is 0 Å². The molecule has 2 aromatic rings. The molecule has 1 fully saturated rings. The fraction of sp³-hybridized carbons (Fsp3) is 0.350. The summed E-state index contributed by atoms with van der Waals surface area (Å²) in [5.74, 6) is -1.03. The van der Waals surface area contributed by atoms with Gasteiger partial charge in [-0.25, -0.2) is 12.8 Å². The molecule has 0 radical (unpaired) electrons. The molecule has 1 heterocycles. The number of ether oxygens (including phenoxy) is 3. The molecule has 1 aliphatic heterocycles. The average molecular weight is 438 g/mol. The summed E-state index contributed by atoms with van der Waals surface area (Å²) in [6.07, 6.45) is -1.01. The monoisotopic (exact) mass is 438 g/mol. The van der Waals surface area contributed by atoms with Gasteiger partial charge < -0.3 is 19.5 Å². The molecule has 1 N–H and O–H groups in total. The second-order valence-electron chi connectivity index (χ2n) is 6.56. The minimum atomic E-state index is -3.84. The number of nitrogens with zero attached hydrogens (tertiary/aromatic N) is 1. The van der Waals surface area contributed by atoms with Crippen molar-refractivity contribution in [1.29, 1.82) is 0 Å². The van der Waals surface area contributed by atoms with E-state index in [1.165, 1.54) is 54.7 Å². The van der Waals surface area contributed by atoms with E-state index in [-0.39, 0.29) is 35.2 Å². The van der Waals surface area contributed by atoms with E-state index in [2.05, 4.69) is 5.32 Å². The molecule has 0 bridgehead atoms. The highest BCUT2D eigenvalue weighted by Gasteiger charge is 2.30. The maximum Gasteiger partial charge on any atom is 0.265 e. The first kappa shape index (κ1) is 22.0. The first-order valence-corrected chi connectivity index (χ1v) is 10.7. The number of benzene rings is 2. The third kappa shape index (κ3) is 4.89. The van der Waals surface area contributed by atoms with Crippen LogP contribution >= 0.6 is 0 Å². The minimum absolute atomic E-state index is 0.0505. The van der Waals surface area contributed by atoms with E-state index in [0.717, 1.165) is 0 Å². The topological polar surface area (TPSA) is 94.2 Å². The van der Waals surface area contributed by atoms with Gasteiger partial charge in [0.15, 0.2) is 17.7 Å². The zero-order chi connectivity index (χ0) is 21.7. The van der Waals surface area contributed by atoms with Gasteiger partial charge in [-0.3, -0.25) is 4.79 Å². The van der Waals surface area contributed by atoms with Crippen LogP contribution in [0.25, 0.3) is 0 Å². The highest BCUT2D eigenvalue weighted by atomic mass is 32.2. The van der Waals surface area contributed by atoms with Gasteiger partial charge in [0.05, 0.1) is 20.3 Å². The summed E-state index contributed by atoms with van der Waals surface area (Å²) >= 11 is 0. The lowest BCUT2D eigenvalue weighted by Crippen LogP contribution is -2.40. The van der Waals surface area contributed by atoms with Crippen molar-refractivity contribution in [1.82, 2.24) is 4.31 Å².